The van der Waals surface area contributed by atoms with E-state index in [1.807, 2.05) is 45.0 Å². The third kappa shape index (κ3) is 8.37. The van der Waals surface area contributed by atoms with Crippen molar-refractivity contribution in [2.45, 2.75) is 72.1 Å². The average Bonchev–Trinajstić information content (AvgIpc) is 2.80. The maximum Gasteiger partial charge on any atom is 0.408 e. The molecule has 0 radical (unpaired) electrons. The van der Waals surface area contributed by atoms with Crippen LogP contribution in [0.1, 0.15) is 61.9 Å². The summed E-state index contributed by atoms with van der Waals surface area (Å²) in [4.78, 5) is 52.5. The number of terminal acetylenes is 1. The van der Waals surface area contributed by atoms with Crippen LogP contribution in [0.15, 0.2) is 42.5 Å². The molecular formula is C29H36N4O5. The Morgan fingerprint density at radius 2 is 1.71 bits per heavy atom. The summed E-state index contributed by atoms with van der Waals surface area (Å²) >= 11 is 0. The topological polar surface area (TPSA) is 131 Å². The van der Waals surface area contributed by atoms with Crippen molar-refractivity contribution in [3.05, 3.63) is 64.7 Å². The molecule has 4 amide bonds. The first-order valence-corrected chi connectivity index (χ1v) is 12.2. The number of aryl methyl sites for hydroxylation is 3. The van der Waals surface area contributed by atoms with Crippen molar-refractivity contribution in [2.24, 2.45) is 5.73 Å². The van der Waals surface area contributed by atoms with Crippen molar-refractivity contribution in [1.29, 1.82) is 0 Å². The molecule has 0 aliphatic carbocycles. The van der Waals surface area contributed by atoms with E-state index in [0.29, 0.717) is 11.3 Å². The van der Waals surface area contributed by atoms with Gasteiger partial charge in [0.2, 0.25) is 5.91 Å². The number of nitrogens with two attached hydrogens (primary N) is 1. The van der Waals surface area contributed by atoms with Crippen LogP contribution in [0.2, 0.25) is 0 Å². The standard InChI is InChI=1S/C29H36N4O5/c1-8-33(27(36)23(15-16-24(30)34)32-28(37)38-29(5,6)7)25(21-14-13-18(2)17-20(21)4)26(35)31-22-12-10-9-11-19(22)3/h1,9-14,17,23,25H,15-16H2,2-7H3,(H2,30,34)(H,31,35)(H,32,37). The molecular weight excluding hydrogens is 484 g/mol. The van der Waals surface area contributed by atoms with Gasteiger partial charge in [-0.2, -0.15) is 0 Å². The second-order valence-electron chi connectivity index (χ2n) is 10.1. The van der Waals surface area contributed by atoms with Gasteiger partial charge in [-0.1, -0.05) is 48.4 Å². The molecule has 9 nitrogen and oxygen atoms in total. The number of nitrogens with one attached hydrogen (secondary N) is 2. The Morgan fingerprint density at radius 1 is 1.05 bits per heavy atom. The number of ether oxygens (including phenoxy) is 1. The van der Waals surface area contributed by atoms with Gasteiger partial charge in [0.25, 0.3) is 11.8 Å². The Bertz CT molecular complexity index is 1240. The Morgan fingerprint density at radius 3 is 2.26 bits per heavy atom. The minimum atomic E-state index is -1.27. The molecule has 0 aromatic heterocycles. The molecule has 2 atom stereocenters. The minimum absolute atomic E-state index is 0.134. The number of carbonyl (C=O) groups is 4. The summed E-state index contributed by atoms with van der Waals surface area (Å²) < 4.78 is 5.29. The Kier molecular flexibility index (Phi) is 10.1. The summed E-state index contributed by atoms with van der Waals surface area (Å²) in [6.45, 7) is 10.6. The van der Waals surface area contributed by atoms with Gasteiger partial charge in [-0.3, -0.25) is 19.3 Å². The molecule has 0 aliphatic rings. The second kappa shape index (κ2) is 12.8. The van der Waals surface area contributed by atoms with E-state index in [9.17, 15) is 19.2 Å². The number of rotatable bonds is 9. The zero-order chi connectivity index (χ0) is 28.6. The molecule has 0 bridgehead atoms. The van der Waals surface area contributed by atoms with Crippen molar-refractivity contribution in [3.63, 3.8) is 0 Å². The van der Waals surface area contributed by atoms with Crippen molar-refractivity contribution < 1.29 is 23.9 Å². The maximum atomic E-state index is 13.8. The number of anilines is 1. The number of benzene rings is 2. The number of hydrogen-bond donors (Lipinski definition) is 3. The van der Waals surface area contributed by atoms with Crippen molar-refractivity contribution in [3.8, 4) is 12.5 Å². The number of hydrogen-bond acceptors (Lipinski definition) is 5. The number of amides is 4. The number of nitrogens with zero attached hydrogens (tertiary/aromatic N) is 1. The fourth-order valence-corrected chi connectivity index (χ4v) is 3.87. The largest absolute Gasteiger partial charge is 0.444 e. The van der Waals surface area contributed by atoms with Gasteiger partial charge >= 0.3 is 6.09 Å². The van der Waals surface area contributed by atoms with Gasteiger partial charge in [0, 0.05) is 18.2 Å². The molecule has 38 heavy (non-hydrogen) atoms. The highest BCUT2D eigenvalue weighted by Crippen LogP contribution is 2.28. The van der Waals surface area contributed by atoms with Gasteiger partial charge in [0.1, 0.15) is 17.7 Å². The third-order valence-electron chi connectivity index (χ3n) is 5.67. The molecule has 0 heterocycles. The van der Waals surface area contributed by atoms with E-state index in [0.717, 1.165) is 21.6 Å². The van der Waals surface area contributed by atoms with E-state index in [1.54, 1.807) is 39.0 Å². The number of primary amides is 1. The molecule has 2 unspecified atom stereocenters. The summed E-state index contributed by atoms with van der Waals surface area (Å²) in [6, 6.07) is 12.5. The predicted molar refractivity (Wildman–Crippen MR) is 146 cm³/mol. The van der Waals surface area contributed by atoms with E-state index < -0.39 is 41.5 Å². The van der Waals surface area contributed by atoms with Gasteiger partial charge in [-0.25, -0.2) is 4.79 Å². The molecule has 0 spiro atoms. The molecule has 4 N–H and O–H groups in total. The van der Waals surface area contributed by atoms with Crippen molar-refractivity contribution in [1.82, 2.24) is 10.2 Å². The first-order chi connectivity index (χ1) is 17.7. The average molecular weight is 521 g/mol. The van der Waals surface area contributed by atoms with E-state index >= 15 is 0 Å². The van der Waals surface area contributed by atoms with Gasteiger partial charge in [-0.05, 0) is 70.7 Å². The first-order valence-electron chi connectivity index (χ1n) is 12.2. The molecule has 0 fully saturated rings. The summed E-state index contributed by atoms with van der Waals surface area (Å²) in [5.41, 5.74) is 8.09. The van der Waals surface area contributed by atoms with Crippen LogP contribution in [0, 0.1) is 33.2 Å². The lowest BCUT2D eigenvalue weighted by Crippen LogP contribution is -2.51. The van der Waals surface area contributed by atoms with E-state index in [4.69, 9.17) is 16.9 Å². The van der Waals surface area contributed by atoms with E-state index in [2.05, 4.69) is 16.7 Å². The molecule has 0 saturated carbocycles. The number of alkyl carbamates (subject to hydrolysis) is 1. The highest BCUT2D eigenvalue weighted by molar-refractivity contribution is 6.00. The van der Waals surface area contributed by atoms with Crippen LogP contribution in [-0.4, -0.2) is 40.4 Å². The van der Waals surface area contributed by atoms with Crippen LogP contribution in [0.5, 0.6) is 0 Å². The number of carbonyl (C=O) groups excluding carboxylic acids is 4. The number of para-hydroxylation sites is 1. The fraction of sp³-hybridized carbons (Fsp3) is 0.379. The molecule has 2 aromatic rings. The SMILES string of the molecule is C#CN(C(=O)C(CCC(N)=O)NC(=O)OC(C)(C)C)C(C(=O)Nc1ccccc1C)c1ccc(C)cc1C. The van der Waals surface area contributed by atoms with Crippen LogP contribution in [0.3, 0.4) is 0 Å². The highest BCUT2D eigenvalue weighted by Gasteiger charge is 2.36. The van der Waals surface area contributed by atoms with Crippen LogP contribution in [-0.2, 0) is 19.1 Å². The van der Waals surface area contributed by atoms with Crippen LogP contribution in [0.25, 0.3) is 0 Å². The normalized spacial score (nSPS) is 12.4. The smallest absolute Gasteiger partial charge is 0.408 e. The first kappa shape index (κ1) is 29.9. The monoisotopic (exact) mass is 520 g/mol. The van der Waals surface area contributed by atoms with E-state index in [-0.39, 0.29) is 12.8 Å². The summed E-state index contributed by atoms with van der Waals surface area (Å²) in [5.74, 6) is -1.96. The lowest BCUT2D eigenvalue weighted by Gasteiger charge is -2.31. The highest BCUT2D eigenvalue weighted by atomic mass is 16.6. The summed E-state index contributed by atoms with van der Waals surface area (Å²) in [6.07, 6.45) is 4.61. The molecule has 202 valence electrons. The maximum absolute atomic E-state index is 13.8. The molecule has 2 rings (SSSR count). The predicted octanol–water partition coefficient (Wildman–Crippen LogP) is 3.87. The van der Waals surface area contributed by atoms with Gasteiger partial charge in [0.15, 0.2) is 0 Å². The summed E-state index contributed by atoms with van der Waals surface area (Å²) in [5, 5.41) is 5.35. The zero-order valence-electron chi connectivity index (χ0n) is 22.8. The van der Waals surface area contributed by atoms with Crippen LogP contribution in [0.4, 0.5) is 10.5 Å². The summed E-state index contributed by atoms with van der Waals surface area (Å²) in [7, 11) is 0. The van der Waals surface area contributed by atoms with Gasteiger partial charge in [-0.15, -0.1) is 0 Å². The molecule has 0 saturated heterocycles. The zero-order valence-corrected chi connectivity index (χ0v) is 22.8. The minimum Gasteiger partial charge on any atom is -0.444 e. The third-order valence-corrected chi connectivity index (χ3v) is 5.67. The Balaban J connectivity index is 2.52. The van der Waals surface area contributed by atoms with Crippen molar-refractivity contribution in [2.75, 3.05) is 5.32 Å². The molecule has 2 aromatic carbocycles. The molecule has 0 aliphatic heterocycles. The van der Waals surface area contributed by atoms with Gasteiger partial charge < -0.3 is 21.1 Å². The fourth-order valence-electron chi connectivity index (χ4n) is 3.87. The quantitative estimate of drug-likeness (QED) is 0.341. The Labute approximate surface area is 224 Å². The molecule has 9 heteroatoms. The lowest BCUT2D eigenvalue weighted by atomic mass is 9.96. The van der Waals surface area contributed by atoms with E-state index in [1.165, 1.54) is 0 Å². The second-order valence-corrected chi connectivity index (χ2v) is 10.1. The lowest BCUT2D eigenvalue weighted by molar-refractivity contribution is -0.137. The Hall–Kier alpha value is -4.32. The van der Waals surface area contributed by atoms with Crippen LogP contribution < -0.4 is 16.4 Å². The van der Waals surface area contributed by atoms with Gasteiger partial charge in [0.05, 0.1) is 0 Å². The van der Waals surface area contributed by atoms with Crippen LogP contribution >= 0.6 is 0 Å². The van der Waals surface area contributed by atoms with Crippen molar-refractivity contribution >= 4 is 29.5 Å².